The Hall–Kier alpha value is -0.570. The highest BCUT2D eigenvalue weighted by molar-refractivity contribution is 5.65. The van der Waals surface area contributed by atoms with Gasteiger partial charge in [0.2, 0.25) is 0 Å². The largest absolute Gasteiger partial charge is 0.466 e. The first-order chi connectivity index (χ1) is 8.15. The first-order valence-corrected chi connectivity index (χ1v) is 6.89. The minimum Gasteiger partial charge on any atom is -0.466 e. The van der Waals surface area contributed by atoms with Gasteiger partial charge in [0.1, 0.15) is 0 Å². The fraction of sp³-hybridized carbons (Fsp3) is 0.929. The van der Waals surface area contributed by atoms with Crippen molar-refractivity contribution in [1.29, 1.82) is 0 Å². The number of hydrogen-bond acceptors (Lipinski definition) is 3. The van der Waals surface area contributed by atoms with Crippen molar-refractivity contribution in [3.05, 3.63) is 0 Å². The molecule has 0 aliphatic heterocycles. The van der Waals surface area contributed by atoms with Gasteiger partial charge in [0.05, 0.1) is 6.61 Å². The van der Waals surface area contributed by atoms with Crippen molar-refractivity contribution in [2.75, 3.05) is 13.2 Å². The molecule has 17 heavy (non-hydrogen) atoms. The fourth-order valence-electron chi connectivity index (χ4n) is 4.19. The molecular formula is C14H24O3. The van der Waals surface area contributed by atoms with Crippen LogP contribution in [-0.2, 0) is 9.53 Å². The molecule has 0 aromatic carbocycles. The van der Waals surface area contributed by atoms with Gasteiger partial charge in [-0.1, -0.05) is 13.3 Å². The van der Waals surface area contributed by atoms with Crippen LogP contribution in [0.1, 0.15) is 39.5 Å². The molecule has 2 aliphatic carbocycles. The van der Waals surface area contributed by atoms with Gasteiger partial charge in [0, 0.05) is 13.5 Å². The summed E-state index contributed by atoms with van der Waals surface area (Å²) in [5.41, 5.74) is 0. The smallest absolute Gasteiger partial charge is 0.302 e. The first kappa shape index (κ1) is 12.9. The summed E-state index contributed by atoms with van der Waals surface area (Å²) in [7, 11) is 0. The molecular weight excluding hydrogens is 216 g/mol. The van der Waals surface area contributed by atoms with E-state index in [1.165, 1.54) is 32.6 Å². The highest BCUT2D eigenvalue weighted by atomic mass is 16.5. The standard InChI is InChI=1S/C14H24O3/c1-3-13-12(8-17-9(2)16)6-11-4-10(7-15)5-14(11)13/h10-15H,3-8H2,1-2H3. The summed E-state index contributed by atoms with van der Waals surface area (Å²) in [4.78, 5) is 10.9. The van der Waals surface area contributed by atoms with Gasteiger partial charge in [-0.25, -0.2) is 0 Å². The molecule has 0 aromatic heterocycles. The van der Waals surface area contributed by atoms with Gasteiger partial charge in [-0.05, 0) is 48.9 Å². The van der Waals surface area contributed by atoms with Crippen molar-refractivity contribution in [1.82, 2.24) is 0 Å². The van der Waals surface area contributed by atoms with E-state index in [4.69, 9.17) is 4.74 Å². The van der Waals surface area contributed by atoms with E-state index in [0.29, 0.717) is 31.0 Å². The minimum absolute atomic E-state index is 0.162. The molecule has 0 bridgehead atoms. The lowest BCUT2D eigenvalue weighted by atomic mass is 9.85. The third-order valence-corrected chi connectivity index (χ3v) is 4.84. The Morgan fingerprint density at radius 3 is 2.71 bits per heavy atom. The summed E-state index contributed by atoms with van der Waals surface area (Å²) < 4.78 is 5.19. The van der Waals surface area contributed by atoms with E-state index in [1.54, 1.807) is 0 Å². The molecule has 0 saturated heterocycles. The number of hydrogen-bond donors (Lipinski definition) is 1. The molecule has 0 aromatic rings. The van der Waals surface area contributed by atoms with Gasteiger partial charge in [-0.2, -0.15) is 0 Å². The molecule has 3 heteroatoms. The Balaban J connectivity index is 1.93. The van der Waals surface area contributed by atoms with Crippen molar-refractivity contribution < 1.29 is 14.6 Å². The zero-order valence-corrected chi connectivity index (χ0v) is 10.9. The maximum Gasteiger partial charge on any atom is 0.302 e. The quantitative estimate of drug-likeness (QED) is 0.766. The molecule has 98 valence electrons. The summed E-state index contributed by atoms with van der Waals surface area (Å²) in [5, 5.41) is 9.25. The van der Waals surface area contributed by atoms with Crippen LogP contribution >= 0.6 is 0 Å². The third kappa shape index (κ3) is 2.65. The van der Waals surface area contributed by atoms with Crippen molar-refractivity contribution >= 4 is 5.97 Å². The number of fused-ring (bicyclic) bond motifs is 1. The number of carbonyl (C=O) groups is 1. The third-order valence-electron chi connectivity index (χ3n) is 4.84. The molecule has 0 amide bonds. The van der Waals surface area contributed by atoms with Crippen LogP contribution in [0.5, 0.6) is 0 Å². The van der Waals surface area contributed by atoms with E-state index in [-0.39, 0.29) is 5.97 Å². The zero-order chi connectivity index (χ0) is 12.4. The summed E-state index contributed by atoms with van der Waals surface area (Å²) in [6.07, 6.45) is 4.71. The van der Waals surface area contributed by atoms with Crippen molar-refractivity contribution in [2.24, 2.45) is 29.6 Å². The Bertz CT molecular complexity index is 277. The second-order valence-corrected chi connectivity index (χ2v) is 5.81. The molecule has 5 unspecified atom stereocenters. The lowest BCUT2D eigenvalue weighted by Gasteiger charge is -2.23. The van der Waals surface area contributed by atoms with E-state index < -0.39 is 0 Å². The van der Waals surface area contributed by atoms with Gasteiger partial charge >= 0.3 is 5.97 Å². The van der Waals surface area contributed by atoms with Crippen LogP contribution < -0.4 is 0 Å². The topological polar surface area (TPSA) is 46.5 Å². The van der Waals surface area contributed by atoms with Gasteiger partial charge in [-0.15, -0.1) is 0 Å². The number of rotatable bonds is 4. The number of aliphatic hydroxyl groups is 1. The van der Waals surface area contributed by atoms with Crippen molar-refractivity contribution in [3.8, 4) is 0 Å². The second-order valence-electron chi connectivity index (χ2n) is 5.81. The molecule has 5 atom stereocenters. The van der Waals surface area contributed by atoms with Crippen LogP contribution in [0.3, 0.4) is 0 Å². The van der Waals surface area contributed by atoms with E-state index in [2.05, 4.69) is 6.92 Å². The average Bonchev–Trinajstić information content (AvgIpc) is 2.81. The van der Waals surface area contributed by atoms with Gasteiger partial charge in [0.25, 0.3) is 0 Å². The summed E-state index contributed by atoms with van der Waals surface area (Å²) in [6, 6.07) is 0. The SMILES string of the molecule is CCC1C(COC(C)=O)CC2CC(CO)CC21. The van der Waals surface area contributed by atoms with Crippen LogP contribution in [0.15, 0.2) is 0 Å². The number of aliphatic hydroxyl groups excluding tert-OH is 1. The highest BCUT2D eigenvalue weighted by Gasteiger charge is 2.47. The number of carbonyl (C=O) groups excluding carboxylic acids is 1. The van der Waals surface area contributed by atoms with Crippen molar-refractivity contribution in [2.45, 2.75) is 39.5 Å². The molecule has 2 fully saturated rings. The predicted molar refractivity (Wildman–Crippen MR) is 65.3 cm³/mol. The first-order valence-electron chi connectivity index (χ1n) is 6.89. The second kappa shape index (κ2) is 5.38. The van der Waals surface area contributed by atoms with Crippen LogP contribution in [0.4, 0.5) is 0 Å². The van der Waals surface area contributed by atoms with Crippen LogP contribution in [0.2, 0.25) is 0 Å². The van der Waals surface area contributed by atoms with E-state index >= 15 is 0 Å². The molecule has 2 rings (SSSR count). The van der Waals surface area contributed by atoms with E-state index in [1.807, 2.05) is 0 Å². The lowest BCUT2D eigenvalue weighted by molar-refractivity contribution is -0.142. The molecule has 2 saturated carbocycles. The van der Waals surface area contributed by atoms with Crippen molar-refractivity contribution in [3.63, 3.8) is 0 Å². The Morgan fingerprint density at radius 1 is 1.35 bits per heavy atom. The molecule has 1 N–H and O–H groups in total. The molecule has 0 heterocycles. The fourth-order valence-corrected chi connectivity index (χ4v) is 4.19. The van der Waals surface area contributed by atoms with Gasteiger partial charge in [0.15, 0.2) is 0 Å². The van der Waals surface area contributed by atoms with E-state index in [9.17, 15) is 9.90 Å². The Labute approximate surface area is 104 Å². The molecule has 2 aliphatic rings. The Morgan fingerprint density at radius 2 is 2.12 bits per heavy atom. The predicted octanol–water partition coefficient (Wildman–Crippen LogP) is 2.23. The molecule has 0 radical (unpaired) electrons. The van der Waals surface area contributed by atoms with Crippen LogP contribution in [0.25, 0.3) is 0 Å². The van der Waals surface area contributed by atoms with Gasteiger partial charge < -0.3 is 9.84 Å². The lowest BCUT2D eigenvalue weighted by Crippen LogP contribution is -2.20. The maximum atomic E-state index is 10.9. The Kier molecular flexibility index (Phi) is 4.08. The zero-order valence-electron chi connectivity index (χ0n) is 10.9. The molecule has 3 nitrogen and oxygen atoms in total. The monoisotopic (exact) mass is 240 g/mol. The summed E-state index contributed by atoms with van der Waals surface area (Å²) in [6.45, 7) is 4.67. The molecule has 0 spiro atoms. The number of ether oxygens (including phenoxy) is 1. The average molecular weight is 240 g/mol. The summed E-state index contributed by atoms with van der Waals surface area (Å²) in [5.74, 6) is 3.13. The highest BCUT2D eigenvalue weighted by Crippen LogP contribution is 2.53. The normalized spacial score (nSPS) is 40.3. The van der Waals surface area contributed by atoms with Gasteiger partial charge in [-0.3, -0.25) is 4.79 Å². The summed E-state index contributed by atoms with van der Waals surface area (Å²) >= 11 is 0. The number of esters is 1. The van der Waals surface area contributed by atoms with Crippen LogP contribution in [-0.4, -0.2) is 24.3 Å². The van der Waals surface area contributed by atoms with E-state index in [0.717, 1.165) is 11.8 Å². The van der Waals surface area contributed by atoms with Crippen LogP contribution in [0, 0.1) is 29.6 Å². The minimum atomic E-state index is -0.162. The maximum absolute atomic E-state index is 10.9.